The van der Waals surface area contributed by atoms with Gasteiger partial charge in [0.25, 0.3) is 0 Å². The number of hydrogen-bond donors (Lipinski definition) is 3. The second-order valence-corrected chi connectivity index (χ2v) is 6.08. The zero-order chi connectivity index (χ0) is 16.4. The van der Waals surface area contributed by atoms with E-state index in [4.69, 9.17) is 17.6 Å². The fourth-order valence-electron chi connectivity index (χ4n) is 3.10. The Morgan fingerprint density at radius 1 is 1.35 bits per heavy atom. The molecule has 3 unspecified atom stereocenters. The Morgan fingerprint density at radius 2 is 2.09 bits per heavy atom. The lowest BCUT2D eigenvalue weighted by atomic mass is 9.77. The molecule has 0 radical (unpaired) electrons. The summed E-state index contributed by atoms with van der Waals surface area (Å²) < 4.78 is 1.92. The number of aliphatic hydroxyl groups is 1. The van der Waals surface area contributed by atoms with Crippen LogP contribution in [0.2, 0.25) is 0 Å². The Bertz CT molecular complexity index is 770. The van der Waals surface area contributed by atoms with E-state index in [0.29, 0.717) is 10.6 Å². The van der Waals surface area contributed by atoms with Gasteiger partial charge in [-0.05, 0) is 24.4 Å². The van der Waals surface area contributed by atoms with E-state index < -0.39 is 11.8 Å². The van der Waals surface area contributed by atoms with E-state index in [1.165, 1.54) is 0 Å². The molecule has 0 amide bonds. The van der Waals surface area contributed by atoms with Gasteiger partial charge in [0.2, 0.25) is 6.04 Å². The summed E-state index contributed by atoms with van der Waals surface area (Å²) in [5.74, 6) is 2.13. The van der Waals surface area contributed by atoms with Crippen molar-refractivity contribution in [2.75, 3.05) is 0 Å². The Kier molecular flexibility index (Phi) is 4.05. The molecule has 3 rings (SSSR count). The summed E-state index contributed by atoms with van der Waals surface area (Å²) in [6, 6.07) is 9.08. The van der Waals surface area contributed by atoms with Gasteiger partial charge < -0.3 is 10.4 Å². The number of nitrogens with one attached hydrogen (secondary N) is 2. The van der Waals surface area contributed by atoms with Gasteiger partial charge >= 0.3 is 0 Å². The number of nitrogens with zero attached hydrogens (tertiary/aromatic N) is 2. The zero-order valence-corrected chi connectivity index (χ0v) is 13.4. The van der Waals surface area contributed by atoms with Crippen molar-refractivity contribution in [1.82, 2.24) is 10.3 Å². The highest BCUT2D eigenvalue weighted by atomic mass is 32.1. The Morgan fingerprint density at radius 3 is 2.70 bits per heavy atom. The normalized spacial score (nSPS) is 27.2. The first-order valence-corrected chi connectivity index (χ1v) is 7.65. The average molecular weight is 325 g/mol. The van der Waals surface area contributed by atoms with Crippen LogP contribution in [0.5, 0.6) is 0 Å². The summed E-state index contributed by atoms with van der Waals surface area (Å²) in [6.07, 6.45) is 7.21. The van der Waals surface area contributed by atoms with Crippen LogP contribution in [0, 0.1) is 5.41 Å². The molecular formula is C17H17N4OS+. The predicted octanol–water partition coefficient (Wildman–Crippen LogP) is 1.51. The Labute approximate surface area is 139 Å². The maximum atomic E-state index is 11.0. The first-order chi connectivity index (χ1) is 11.0. The minimum Gasteiger partial charge on any atom is -0.366 e. The molecule has 0 bridgehead atoms. The van der Waals surface area contributed by atoms with Crippen LogP contribution < -0.4 is 9.88 Å². The van der Waals surface area contributed by atoms with Gasteiger partial charge in [-0.1, -0.05) is 24.4 Å². The van der Waals surface area contributed by atoms with Gasteiger partial charge in [-0.15, -0.1) is 0 Å². The molecular weight excluding hydrogens is 308 g/mol. The SMILES string of the molecule is CC1(O)NC(=S)C(=C=N)C(c2cccnc2)C1[n+]1ccccc1. The van der Waals surface area contributed by atoms with Gasteiger partial charge in [0.05, 0.1) is 11.5 Å². The van der Waals surface area contributed by atoms with Crippen molar-refractivity contribution in [3.63, 3.8) is 0 Å². The summed E-state index contributed by atoms with van der Waals surface area (Å²) in [4.78, 5) is 4.51. The molecule has 3 N–H and O–H groups in total. The molecule has 1 aliphatic rings. The van der Waals surface area contributed by atoms with Crippen molar-refractivity contribution in [3.8, 4) is 0 Å². The largest absolute Gasteiger partial charge is 0.366 e. The van der Waals surface area contributed by atoms with Crippen LogP contribution in [0.15, 0.2) is 60.7 Å². The third-order valence-corrected chi connectivity index (χ3v) is 4.37. The van der Waals surface area contributed by atoms with Gasteiger partial charge in [0.1, 0.15) is 4.99 Å². The summed E-state index contributed by atoms with van der Waals surface area (Å²) in [6.45, 7) is 1.69. The molecule has 23 heavy (non-hydrogen) atoms. The van der Waals surface area contributed by atoms with Crippen molar-refractivity contribution >= 4 is 23.1 Å². The first kappa shape index (κ1) is 15.5. The predicted molar refractivity (Wildman–Crippen MR) is 90.2 cm³/mol. The molecule has 3 heterocycles. The van der Waals surface area contributed by atoms with Crippen LogP contribution >= 0.6 is 12.2 Å². The molecule has 2 aromatic heterocycles. The van der Waals surface area contributed by atoms with Crippen LogP contribution in [-0.2, 0) is 0 Å². The lowest BCUT2D eigenvalue weighted by Crippen LogP contribution is -2.65. The maximum absolute atomic E-state index is 11.0. The third-order valence-electron chi connectivity index (χ3n) is 4.05. The van der Waals surface area contributed by atoms with Crippen LogP contribution in [0.4, 0.5) is 0 Å². The number of hydrogen-bond acceptors (Lipinski definition) is 4. The van der Waals surface area contributed by atoms with Crippen molar-refractivity contribution in [3.05, 3.63) is 66.3 Å². The topological polar surface area (TPSA) is 72.9 Å². The minimum absolute atomic E-state index is 0.322. The number of thiocarbonyl (C=S) groups is 1. The molecule has 0 aromatic carbocycles. The van der Waals surface area contributed by atoms with E-state index in [-0.39, 0.29) is 5.92 Å². The zero-order valence-electron chi connectivity index (χ0n) is 12.6. The van der Waals surface area contributed by atoms with Gasteiger partial charge in [-0.25, -0.2) is 0 Å². The highest BCUT2D eigenvalue weighted by Gasteiger charge is 2.52. The van der Waals surface area contributed by atoms with Crippen LogP contribution in [0.25, 0.3) is 0 Å². The molecule has 1 aliphatic heterocycles. The molecule has 116 valence electrons. The van der Waals surface area contributed by atoms with Crippen LogP contribution in [-0.4, -0.2) is 26.7 Å². The first-order valence-electron chi connectivity index (χ1n) is 7.25. The van der Waals surface area contributed by atoms with E-state index in [9.17, 15) is 5.11 Å². The Hall–Kier alpha value is -2.40. The van der Waals surface area contributed by atoms with E-state index in [1.54, 1.807) is 19.3 Å². The van der Waals surface area contributed by atoms with Gasteiger partial charge in [-0.2, -0.15) is 4.57 Å². The standard InChI is InChI=1S/C17H16N4OS/c1-17(22)15(21-8-3-2-4-9-21)14(12-6-5-7-19-11-12)13(10-18)16(23)20-17/h2-9,11,14-15,18,22H,1H3/p+1. The van der Waals surface area contributed by atoms with E-state index in [0.717, 1.165) is 5.56 Å². The van der Waals surface area contributed by atoms with Crippen molar-refractivity contribution in [2.45, 2.75) is 24.6 Å². The third kappa shape index (κ3) is 2.80. The molecule has 0 spiro atoms. The molecule has 1 saturated heterocycles. The van der Waals surface area contributed by atoms with Crippen LogP contribution in [0.1, 0.15) is 24.4 Å². The van der Waals surface area contributed by atoms with Gasteiger partial charge in [0, 0.05) is 24.5 Å². The van der Waals surface area contributed by atoms with Crippen molar-refractivity contribution < 1.29 is 9.67 Å². The second-order valence-electron chi connectivity index (χ2n) is 5.67. The molecule has 6 heteroatoms. The monoisotopic (exact) mass is 325 g/mol. The molecule has 0 aliphatic carbocycles. The lowest BCUT2D eigenvalue weighted by molar-refractivity contribution is -0.740. The highest BCUT2D eigenvalue weighted by Crippen LogP contribution is 2.40. The second kappa shape index (κ2) is 6.01. The number of pyridine rings is 2. The fourth-order valence-corrected chi connectivity index (χ4v) is 3.48. The summed E-state index contributed by atoms with van der Waals surface area (Å²) in [5.41, 5.74) is 0.151. The minimum atomic E-state index is -1.27. The Balaban J connectivity index is 2.22. The summed E-state index contributed by atoms with van der Waals surface area (Å²) >= 11 is 5.33. The number of rotatable bonds is 2. The lowest BCUT2D eigenvalue weighted by Gasteiger charge is -2.40. The molecule has 3 atom stereocenters. The van der Waals surface area contributed by atoms with Crippen LogP contribution in [0.3, 0.4) is 0 Å². The van der Waals surface area contributed by atoms with E-state index in [2.05, 4.69) is 16.2 Å². The molecule has 2 aromatic rings. The number of piperidine rings is 1. The summed E-state index contributed by atoms with van der Waals surface area (Å²) in [5, 5.41) is 21.6. The smallest absolute Gasteiger partial charge is 0.216 e. The summed E-state index contributed by atoms with van der Waals surface area (Å²) in [7, 11) is 0. The molecule has 0 saturated carbocycles. The quantitative estimate of drug-likeness (QED) is 0.339. The van der Waals surface area contributed by atoms with E-state index >= 15 is 0 Å². The highest BCUT2D eigenvalue weighted by molar-refractivity contribution is 7.80. The van der Waals surface area contributed by atoms with E-state index in [1.807, 2.05) is 47.3 Å². The molecule has 1 fully saturated rings. The maximum Gasteiger partial charge on any atom is 0.216 e. The van der Waals surface area contributed by atoms with Gasteiger partial charge in [-0.3, -0.25) is 10.4 Å². The molecule has 5 nitrogen and oxygen atoms in total. The number of aromatic nitrogens is 2. The average Bonchev–Trinajstić information content (AvgIpc) is 2.55. The van der Waals surface area contributed by atoms with Crippen molar-refractivity contribution in [2.24, 2.45) is 0 Å². The fraction of sp³-hybridized carbons (Fsp3) is 0.235. The van der Waals surface area contributed by atoms with Crippen molar-refractivity contribution in [1.29, 1.82) is 5.41 Å². The van der Waals surface area contributed by atoms with Gasteiger partial charge in [0.15, 0.2) is 18.1 Å².